The van der Waals surface area contributed by atoms with Crippen molar-refractivity contribution in [3.8, 4) is 0 Å². The fraction of sp³-hybridized carbons (Fsp3) is 0.500. The fourth-order valence-electron chi connectivity index (χ4n) is 1.73. The first-order valence-corrected chi connectivity index (χ1v) is 5.16. The van der Waals surface area contributed by atoms with Gasteiger partial charge in [-0.1, -0.05) is 0 Å². The largest absolute Gasteiger partial charge is 0.476 e. The normalized spacial score (nSPS) is 17.4. The first-order valence-electron chi connectivity index (χ1n) is 5.16. The number of aromatic carboxylic acids is 1. The van der Waals surface area contributed by atoms with Crippen LogP contribution in [0.4, 0.5) is 5.82 Å². The molecule has 0 atom stereocenters. The van der Waals surface area contributed by atoms with E-state index in [1.54, 1.807) is 0 Å². The molecule has 1 aliphatic heterocycles. The Hall–Kier alpha value is -1.69. The number of nitrogens with zero attached hydrogens (tertiary/aromatic N) is 4. The Morgan fingerprint density at radius 3 is 2.50 bits per heavy atom. The van der Waals surface area contributed by atoms with Crippen LogP contribution in [0.1, 0.15) is 10.5 Å². The monoisotopic (exact) mass is 222 g/mol. The van der Waals surface area contributed by atoms with Gasteiger partial charge in [0.05, 0.1) is 0 Å². The van der Waals surface area contributed by atoms with Gasteiger partial charge in [-0.15, -0.1) is 0 Å². The van der Waals surface area contributed by atoms with Crippen LogP contribution in [-0.4, -0.2) is 59.2 Å². The minimum atomic E-state index is -1.03. The van der Waals surface area contributed by atoms with E-state index >= 15 is 0 Å². The Morgan fingerprint density at radius 1 is 1.25 bits per heavy atom. The van der Waals surface area contributed by atoms with Crippen LogP contribution in [-0.2, 0) is 0 Å². The number of piperazine rings is 1. The van der Waals surface area contributed by atoms with E-state index in [4.69, 9.17) is 5.11 Å². The summed E-state index contributed by atoms with van der Waals surface area (Å²) in [5, 5.41) is 9.01. The van der Waals surface area contributed by atoms with Crippen molar-refractivity contribution in [3.63, 3.8) is 0 Å². The van der Waals surface area contributed by atoms with Crippen LogP contribution in [0.15, 0.2) is 12.4 Å². The van der Waals surface area contributed by atoms with Gasteiger partial charge < -0.3 is 14.9 Å². The highest BCUT2D eigenvalue weighted by molar-refractivity contribution is 5.90. The van der Waals surface area contributed by atoms with Gasteiger partial charge in [0, 0.05) is 38.6 Å². The lowest BCUT2D eigenvalue weighted by atomic mass is 10.3. The molecule has 6 nitrogen and oxygen atoms in total. The van der Waals surface area contributed by atoms with Crippen molar-refractivity contribution in [1.29, 1.82) is 0 Å². The quantitative estimate of drug-likeness (QED) is 0.755. The molecule has 2 heterocycles. The van der Waals surface area contributed by atoms with Gasteiger partial charge in [-0.05, 0) is 7.05 Å². The molecule has 0 aromatic carbocycles. The molecule has 1 aromatic rings. The van der Waals surface area contributed by atoms with Gasteiger partial charge in [0.25, 0.3) is 0 Å². The lowest BCUT2D eigenvalue weighted by molar-refractivity contribution is 0.0690. The van der Waals surface area contributed by atoms with E-state index in [0.717, 1.165) is 26.2 Å². The molecule has 86 valence electrons. The lowest BCUT2D eigenvalue weighted by Crippen LogP contribution is -2.45. The van der Waals surface area contributed by atoms with E-state index in [-0.39, 0.29) is 5.69 Å². The third-order valence-corrected chi connectivity index (χ3v) is 2.68. The van der Waals surface area contributed by atoms with E-state index in [1.807, 2.05) is 11.9 Å². The summed E-state index contributed by atoms with van der Waals surface area (Å²) < 4.78 is 0. The molecule has 1 saturated heterocycles. The second-order valence-corrected chi connectivity index (χ2v) is 3.82. The van der Waals surface area contributed by atoms with Gasteiger partial charge in [-0.25, -0.2) is 14.8 Å². The van der Waals surface area contributed by atoms with Crippen LogP contribution in [0, 0.1) is 0 Å². The van der Waals surface area contributed by atoms with E-state index < -0.39 is 5.97 Å². The van der Waals surface area contributed by atoms with E-state index in [2.05, 4.69) is 14.9 Å². The molecule has 0 unspecified atom stereocenters. The van der Waals surface area contributed by atoms with Crippen LogP contribution in [0.5, 0.6) is 0 Å². The molecule has 16 heavy (non-hydrogen) atoms. The average Bonchev–Trinajstić information content (AvgIpc) is 2.30. The highest BCUT2D eigenvalue weighted by atomic mass is 16.4. The number of carboxylic acids is 1. The van der Waals surface area contributed by atoms with Gasteiger partial charge in [0.2, 0.25) is 0 Å². The maximum absolute atomic E-state index is 11.0. The number of rotatable bonds is 2. The molecule has 0 spiro atoms. The number of carboxylic acid groups (broad SMARTS) is 1. The Morgan fingerprint density at radius 2 is 1.88 bits per heavy atom. The third kappa shape index (κ3) is 2.11. The van der Waals surface area contributed by atoms with E-state index in [9.17, 15) is 4.79 Å². The molecule has 0 radical (unpaired) electrons. The van der Waals surface area contributed by atoms with Crippen LogP contribution in [0.25, 0.3) is 0 Å². The van der Waals surface area contributed by atoms with Gasteiger partial charge in [0.15, 0.2) is 11.5 Å². The van der Waals surface area contributed by atoms with E-state index in [1.165, 1.54) is 12.4 Å². The molecule has 1 fully saturated rings. The summed E-state index contributed by atoms with van der Waals surface area (Å²) in [6.45, 7) is 3.40. The topological polar surface area (TPSA) is 69.6 Å². The Balaban J connectivity index is 2.23. The predicted octanol–water partition coefficient (Wildman–Crippen LogP) is -0.0734. The van der Waals surface area contributed by atoms with Crippen molar-refractivity contribution in [1.82, 2.24) is 14.9 Å². The number of anilines is 1. The first-order chi connectivity index (χ1) is 7.68. The SMILES string of the molecule is CN1CCN(c2nccnc2C(=O)O)CC1. The summed E-state index contributed by atoms with van der Waals surface area (Å²) in [4.78, 5) is 23.1. The Labute approximate surface area is 93.5 Å². The van der Waals surface area contributed by atoms with Crippen molar-refractivity contribution in [2.45, 2.75) is 0 Å². The maximum atomic E-state index is 11.0. The average molecular weight is 222 g/mol. The Bertz CT molecular complexity index is 388. The van der Waals surface area contributed by atoms with Gasteiger partial charge in [-0.3, -0.25) is 0 Å². The summed E-state index contributed by atoms with van der Waals surface area (Å²) in [7, 11) is 2.05. The second kappa shape index (κ2) is 4.44. The molecule has 0 aliphatic carbocycles. The lowest BCUT2D eigenvalue weighted by Gasteiger charge is -2.33. The molecule has 0 saturated carbocycles. The molecule has 1 aliphatic rings. The van der Waals surface area contributed by atoms with Crippen molar-refractivity contribution in [3.05, 3.63) is 18.1 Å². The zero-order valence-corrected chi connectivity index (χ0v) is 9.13. The molecule has 1 aromatic heterocycles. The third-order valence-electron chi connectivity index (χ3n) is 2.68. The van der Waals surface area contributed by atoms with Crippen LogP contribution in [0.2, 0.25) is 0 Å². The van der Waals surface area contributed by atoms with Crippen LogP contribution < -0.4 is 4.90 Å². The zero-order chi connectivity index (χ0) is 11.5. The molecular weight excluding hydrogens is 208 g/mol. The highest BCUT2D eigenvalue weighted by Crippen LogP contribution is 2.16. The summed E-state index contributed by atoms with van der Waals surface area (Å²) in [6, 6.07) is 0. The molecule has 0 bridgehead atoms. The minimum Gasteiger partial charge on any atom is -0.476 e. The summed E-state index contributed by atoms with van der Waals surface area (Å²) in [5.74, 6) is -0.551. The van der Waals surface area contributed by atoms with Crippen molar-refractivity contribution in [2.24, 2.45) is 0 Å². The predicted molar refractivity (Wildman–Crippen MR) is 58.7 cm³/mol. The van der Waals surface area contributed by atoms with Gasteiger partial charge in [0.1, 0.15) is 0 Å². The minimum absolute atomic E-state index is 0.0343. The van der Waals surface area contributed by atoms with Crippen LogP contribution in [0.3, 0.4) is 0 Å². The van der Waals surface area contributed by atoms with E-state index in [0.29, 0.717) is 5.82 Å². The molecular formula is C10H14N4O2. The number of aromatic nitrogens is 2. The fourth-order valence-corrected chi connectivity index (χ4v) is 1.73. The van der Waals surface area contributed by atoms with Crippen molar-refractivity contribution >= 4 is 11.8 Å². The molecule has 0 amide bonds. The first kappa shape index (κ1) is 10.8. The number of hydrogen-bond donors (Lipinski definition) is 1. The number of likely N-dealkylation sites (N-methyl/N-ethyl adjacent to an activating group) is 1. The summed E-state index contributed by atoms with van der Waals surface area (Å²) >= 11 is 0. The molecule has 2 rings (SSSR count). The summed E-state index contributed by atoms with van der Waals surface area (Å²) in [6.07, 6.45) is 2.93. The Kier molecular flexibility index (Phi) is 3.00. The number of hydrogen-bond acceptors (Lipinski definition) is 5. The smallest absolute Gasteiger partial charge is 0.358 e. The molecule has 6 heteroatoms. The molecule has 1 N–H and O–H groups in total. The van der Waals surface area contributed by atoms with Crippen molar-refractivity contribution < 1.29 is 9.90 Å². The summed E-state index contributed by atoms with van der Waals surface area (Å²) in [5.41, 5.74) is 0.0343. The highest BCUT2D eigenvalue weighted by Gasteiger charge is 2.21. The maximum Gasteiger partial charge on any atom is 0.358 e. The standard InChI is InChI=1S/C10H14N4O2/c1-13-4-6-14(7-5-13)9-8(10(15)16)11-2-3-12-9/h2-3H,4-7H2,1H3,(H,15,16). The second-order valence-electron chi connectivity index (χ2n) is 3.82. The number of carbonyl (C=O) groups is 1. The van der Waals surface area contributed by atoms with Crippen LogP contribution >= 0.6 is 0 Å². The van der Waals surface area contributed by atoms with Gasteiger partial charge in [-0.2, -0.15) is 0 Å². The van der Waals surface area contributed by atoms with Gasteiger partial charge >= 0.3 is 5.97 Å². The van der Waals surface area contributed by atoms with Crippen molar-refractivity contribution in [2.75, 3.05) is 38.1 Å². The zero-order valence-electron chi connectivity index (χ0n) is 9.13.